The second kappa shape index (κ2) is 11.3. The fourth-order valence-electron chi connectivity index (χ4n) is 3.64. The zero-order valence-corrected chi connectivity index (χ0v) is 19.5. The van der Waals surface area contributed by atoms with E-state index in [-0.39, 0.29) is 0 Å². The number of carbonyl (C=O) groups is 2. The highest BCUT2D eigenvalue weighted by atomic mass is 16.6. The molecular formula is C26H26O9. The van der Waals surface area contributed by atoms with Gasteiger partial charge in [0.1, 0.15) is 26.4 Å². The van der Waals surface area contributed by atoms with Crippen LogP contribution >= 0.6 is 0 Å². The third-order valence-electron chi connectivity index (χ3n) is 5.19. The number of fused-ring (bicyclic) bond motifs is 2. The maximum absolute atomic E-state index is 12.0. The Morgan fingerprint density at radius 1 is 0.714 bits per heavy atom. The SMILES string of the molecule is COc1cc(CC=CC(=O)OC(=O)C=CCc2cc(OC)c3c(c2)OCCO3)cc2c1OCCO2. The lowest BCUT2D eigenvalue weighted by Crippen LogP contribution is -2.16. The first kappa shape index (κ1) is 24.0. The lowest BCUT2D eigenvalue weighted by molar-refractivity contribution is -0.152. The average Bonchev–Trinajstić information content (AvgIpc) is 2.87. The fourth-order valence-corrected chi connectivity index (χ4v) is 3.64. The van der Waals surface area contributed by atoms with E-state index in [9.17, 15) is 9.59 Å². The molecule has 0 aromatic heterocycles. The number of ether oxygens (including phenoxy) is 7. The molecule has 0 bridgehead atoms. The fraction of sp³-hybridized carbons (Fsp3) is 0.308. The van der Waals surface area contributed by atoms with Crippen molar-refractivity contribution < 1.29 is 42.7 Å². The summed E-state index contributed by atoms with van der Waals surface area (Å²) in [4.78, 5) is 24.0. The highest BCUT2D eigenvalue weighted by molar-refractivity contribution is 5.96. The maximum Gasteiger partial charge on any atom is 0.338 e. The molecule has 0 unspecified atom stereocenters. The Bertz CT molecular complexity index is 1030. The van der Waals surface area contributed by atoms with Gasteiger partial charge < -0.3 is 33.2 Å². The largest absolute Gasteiger partial charge is 0.493 e. The van der Waals surface area contributed by atoms with Crippen LogP contribution < -0.4 is 28.4 Å². The first-order valence-corrected chi connectivity index (χ1v) is 11.1. The van der Waals surface area contributed by atoms with Crippen LogP contribution in [0.4, 0.5) is 0 Å². The Morgan fingerprint density at radius 2 is 1.14 bits per heavy atom. The minimum absolute atomic E-state index is 0.415. The van der Waals surface area contributed by atoms with Crippen LogP contribution in [0.25, 0.3) is 0 Å². The number of carbonyl (C=O) groups excluding carboxylic acids is 2. The van der Waals surface area contributed by atoms with E-state index in [0.717, 1.165) is 11.1 Å². The second-order valence-corrected chi connectivity index (χ2v) is 7.60. The van der Waals surface area contributed by atoms with E-state index in [0.29, 0.717) is 73.8 Å². The van der Waals surface area contributed by atoms with E-state index in [1.807, 2.05) is 24.3 Å². The van der Waals surface area contributed by atoms with Crippen LogP contribution in [-0.4, -0.2) is 52.6 Å². The molecule has 0 atom stereocenters. The Balaban J connectivity index is 1.28. The number of methoxy groups -OCH3 is 2. The minimum atomic E-state index is -0.759. The predicted molar refractivity (Wildman–Crippen MR) is 125 cm³/mol. The zero-order valence-electron chi connectivity index (χ0n) is 19.5. The van der Waals surface area contributed by atoms with E-state index in [1.54, 1.807) is 26.4 Å². The van der Waals surface area contributed by atoms with Crippen molar-refractivity contribution in [2.24, 2.45) is 0 Å². The smallest absolute Gasteiger partial charge is 0.338 e. The summed E-state index contributed by atoms with van der Waals surface area (Å²) in [5, 5.41) is 0. The molecule has 0 N–H and O–H groups in total. The molecule has 2 aromatic rings. The van der Waals surface area contributed by atoms with Gasteiger partial charge in [-0.25, -0.2) is 9.59 Å². The summed E-state index contributed by atoms with van der Waals surface area (Å²) < 4.78 is 37.9. The predicted octanol–water partition coefficient (Wildman–Crippen LogP) is 3.21. The van der Waals surface area contributed by atoms with E-state index >= 15 is 0 Å². The number of rotatable bonds is 8. The molecule has 2 aromatic carbocycles. The molecule has 9 heteroatoms. The molecule has 0 amide bonds. The number of hydrogen-bond donors (Lipinski definition) is 0. The molecule has 0 fully saturated rings. The van der Waals surface area contributed by atoms with Gasteiger partial charge in [-0.2, -0.15) is 0 Å². The van der Waals surface area contributed by atoms with Crippen molar-refractivity contribution in [3.63, 3.8) is 0 Å². The molecule has 184 valence electrons. The summed E-state index contributed by atoms with van der Waals surface area (Å²) in [5.41, 5.74) is 1.72. The molecule has 0 aliphatic carbocycles. The normalized spacial score (nSPS) is 14.1. The third kappa shape index (κ3) is 6.06. The van der Waals surface area contributed by atoms with Crippen molar-refractivity contribution in [1.82, 2.24) is 0 Å². The van der Waals surface area contributed by atoms with E-state index < -0.39 is 11.9 Å². The highest BCUT2D eigenvalue weighted by Crippen LogP contribution is 2.41. The molecule has 9 nitrogen and oxygen atoms in total. The molecule has 0 saturated carbocycles. The monoisotopic (exact) mass is 482 g/mol. The van der Waals surface area contributed by atoms with Crippen LogP contribution in [0.5, 0.6) is 34.5 Å². The first-order chi connectivity index (χ1) is 17.1. The van der Waals surface area contributed by atoms with Gasteiger partial charge in [0.2, 0.25) is 11.5 Å². The quantitative estimate of drug-likeness (QED) is 0.319. The topological polar surface area (TPSA) is 98.8 Å². The second-order valence-electron chi connectivity index (χ2n) is 7.60. The van der Waals surface area contributed by atoms with Crippen molar-refractivity contribution in [2.75, 3.05) is 40.6 Å². The van der Waals surface area contributed by atoms with E-state index in [2.05, 4.69) is 0 Å². The van der Waals surface area contributed by atoms with Crippen molar-refractivity contribution in [3.05, 3.63) is 59.7 Å². The van der Waals surface area contributed by atoms with Gasteiger partial charge in [-0.15, -0.1) is 0 Å². The Morgan fingerprint density at radius 3 is 1.57 bits per heavy atom. The Kier molecular flexibility index (Phi) is 7.77. The highest BCUT2D eigenvalue weighted by Gasteiger charge is 2.19. The van der Waals surface area contributed by atoms with Gasteiger partial charge in [0.15, 0.2) is 23.0 Å². The molecule has 2 aliphatic heterocycles. The molecule has 35 heavy (non-hydrogen) atoms. The maximum atomic E-state index is 12.0. The van der Waals surface area contributed by atoms with Gasteiger partial charge in [0.25, 0.3) is 0 Å². The van der Waals surface area contributed by atoms with E-state index in [4.69, 9.17) is 33.2 Å². The van der Waals surface area contributed by atoms with Crippen molar-refractivity contribution >= 4 is 11.9 Å². The van der Waals surface area contributed by atoms with Crippen molar-refractivity contribution in [1.29, 1.82) is 0 Å². The number of esters is 2. The number of benzene rings is 2. The van der Waals surface area contributed by atoms with Crippen molar-refractivity contribution in [3.8, 4) is 34.5 Å². The van der Waals surface area contributed by atoms with Gasteiger partial charge >= 0.3 is 11.9 Å². The Hall–Kier alpha value is -4.14. The number of hydrogen-bond acceptors (Lipinski definition) is 9. The summed E-state index contributed by atoms with van der Waals surface area (Å²) in [7, 11) is 3.10. The summed E-state index contributed by atoms with van der Waals surface area (Å²) in [5.74, 6) is 1.93. The van der Waals surface area contributed by atoms with Crippen LogP contribution in [0.3, 0.4) is 0 Å². The first-order valence-electron chi connectivity index (χ1n) is 11.1. The van der Waals surface area contributed by atoms with E-state index in [1.165, 1.54) is 12.2 Å². The standard InChI is InChI=1S/C26H26O9/c1-29-19-13-17(15-21-25(19)33-11-9-31-21)5-3-7-23(27)35-24(28)8-4-6-18-14-20(30-2)26-22(16-18)32-10-12-34-26/h3-4,7-8,13-16H,5-6,9-12H2,1-2H3. The summed E-state index contributed by atoms with van der Waals surface area (Å²) in [6.45, 7) is 1.84. The molecular weight excluding hydrogens is 456 g/mol. The van der Waals surface area contributed by atoms with Gasteiger partial charge in [-0.1, -0.05) is 12.2 Å². The van der Waals surface area contributed by atoms with Crippen LogP contribution in [0, 0.1) is 0 Å². The summed E-state index contributed by atoms with van der Waals surface area (Å²) >= 11 is 0. The average molecular weight is 482 g/mol. The van der Waals surface area contributed by atoms with Crippen LogP contribution in [-0.2, 0) is 27.2 Å². The lowest BCUT2D eigenvalue weighted by Gasteiger charge is -2.21. The van der Waals surface area contributed by atoms with Crippen LogP contribution in [0.15, 0.2) is 48.6 Å². The van der Waals surface area contributed by atoms with Crippen molar-refractivity contribution in [2.45, 2.75) is 12.8 Å². The molecule has 4 rings (SSSR count). The van der Waals surface area contributed by atoms with Gasteiger partial charge in [-0.3, -0.25) is 0 Å². The third-order valence-corrected chi connectivity index (χ3v) is 5.19. The minimum Gasteiger partial charge on any atom is -0.493 e. The molecule has 2 aliphatic rings. The zero-order chi connectivity index (χ0) is 24.6. The number of allylic oxidation sites excluding steroid dienone is 2. The van der Waals surface area contributed by atoms with Gasteiger partial charge in [0.05, 0.1) is 14.2 Å². The van der Waals surface area contributed by atoms with Gasteiger partial charge in [0, 0.05) is 12.2 Å². The molecule has 2 heterocycles. The van der Waals surface area contributed by atoms with Crippen LogP contribution in [0.1, 0.15) is 11.1 Å². The van der Waals surface area contributed by atoms with Gasteiger partial charge in [-0.05, 0) is 48.2 Å². The molecule has 0 radical (unpaired) electrons. The molecule has 0 spiro atoms. The lowest BCUT2D eigenvalue weighted by atomic mass is 10.1. The Labute approximate surface area is 202 Å². The summed E-state index contributed by atoms with van der Waals surface area (Å²) in [6.07, 6.45) is 6.45. The molecule has 0 saturated heterocycles. The summed E-state index contributed by atoms with van der Waals surface area (Å²) in [6, 6.07) is 7.27. The van der Waals surface area contributed by atoms with Crippen LogP contribution in [0.2, 0.25) is 0 Å².